The second-order valence-corrected chi connectivity index (χ2v) is 9.64. The third kappa shape index (κ3) is 5.07. The highest BCUT2D eigenvalue weighted by atomic mass is 35.5. The summed E-state index contributed by atoms with van der Waals surface area (Å²) in [5.41, 5.74) is 0.995. The number of nitrogens with one attached hydrogen (secondary N) is 2. The molecule has 1 fully saturated rings. The van der Waals surface area contributed by atoms with Crippen molar-refractivity contribution in [2.24, 2.45) is 5.41 Å². The quantitative estimate of drug-likeness (QED) is 0.458. The molecule has 1 unspecified atom stereocenters. The number of anilines is 1. The van der Waals surface area contributed by atoms with Crippen LogP contribution in [-0.4, -0.2) is 68.7 Å². The molecule has 11 heteroatoms. The molecule has 0 aliphatic carbocycles. The van der Waals surface area contributed by atoms with E-state index in [2.05, 4.69) is 32.6 Å². The molecule has 0 radical (unpaired) electrons. The van der Waals surface area contributed by atoms with E-state index in [0.717, 1.165) is 0 Å². The smallest absolute Gasteiger partial charge is 0.255 e. The molecule has 33 heavy (non-hydrogen) atoms. The average molecular weight is 477 g/mol. The maximum Gasteiger partial charge on any atom is 0.255 e. The van der Waals surface area contributed by atoms with Gasteiger partial charge in [0.25, 0.3) is 5.91 Å². The van der Waals surface area contributed by atoms with Crippen LogP contribution in [-0.2, 0) is 4.74 Å². The van der Waals surface area contributed by atoms with Crippen LogP contribution in [0.4, 0.5) is 10.1 Å². The lowest BCUT2D eigenvalue weighted by atomic mass is 9.88. The van der Waals surface area contributed by atoms with Gasteiger partial charge in [-0.3, -0.25) is 9.78 Å². The van der Waals surface area contributed by atoms with E-state index in [1.54, 1.807) is 23.0 Å². The van der Waals surface area contributed by atoms with Crippen LogP contribution in [0.25, 0.3) is 16.9 Å². The molecule has 3 aromatic heterocycles. The van der Waals surface area contributed by atoms with Gasteiger partial charge in [-0.15, -0.1) is 0 Å². The standard InChI is InChI=1S/C22H26ClFN6O3/c1-21(2,32)18(24)8-27-20(31)15-6-25-16(4-17(15)28-10-22(3)11-33-12-22)14-7-29-30-9-13(23)5-26-19(14)30/h4-7,9,18,32H,8,10-12H2,1-3H3,(H,25,28)(H,27,31). The summed E-state index contributed by atoms with van der Waals surface area (Å²) >= 11 is 5.99. The van der Waals surface area contributed by atoms with E-state index < -0.39 is 17.7 Å². The molecule has 3 N–H and O–H groups in total. The molecule has 0 spiro atoms. The minimum Gasteiger partial charge on any atom is -0.387 e. The van der Waals surface area contributed by atoms with Crippen molar-refractivity contribution in [2.75, 3.05) is 31.6 Å². The number of hydrogen-bond acceptors (Lipinski definition) is 7. The van der Waals surface area contributed by atoms with Crippen LogP contribution in [0.1, 0.15) is 31.1 Å². The number of amides is 1. The fourth-order valence-electron chi connectivity index (χ4n) is 3.35. The number of pyridine rings is 1. The number of aromatic nitrogens is 4. The van der Waals surface area contributed by atoms with Gasteiger partial charge in [0.05, 0.1) is 65.3 Å². The fraction of sp³-hybridized carbons (Fsp3) is 0.455. The van der Waals surface area contributed by atoms with E-state index in [0.29, 0.717) is 47.4 Å². The molecule has 0 aromatic carbocycles. The molecule has 176 valence electrons. The van der Waals surface area contributed by atoms with E-state index in [1.165, 1.54) is 26.2 Å². The second kappa shape index (κ2) is 8.85. The summed E-state index contributed by atoms with van der Waals surface area (Å²) in [6, 6.07) is 1.74. The summed E-state index contributed by atoms with van der Waals surface area (Å²) < 4.78 is 21.0. The number of ether oxygens (including phenoxy) is 1. The van der Waals surface area contributed by atoms with E-state index in [9.17, 15) is 14.3 Å². The Balaban J connectivity index is 1.63. The highest BCUT2D eigenvalue weighted by Gasteiger charge is 2.33. The predicted octanol–water partition coefficient (Wildman–Crippen LogP) is 2.73. The van der Waals surface area contributed by atoms with Crippen molar-refractivity contribution in [3.05, 3.63) is 41.4 Å². The lowest BCUT2D eigenvalue weighted by Crippen LogP contribution is -2.45. The van der Waals surface area contributed by atoms with Gasteiger partial charge in [0.1, 0.15) is 6.17 Å². The molecule has 1 saturated heterocycles. The summed E-state index contributed by atoms with van der Waals surface area (Å²) in [6.45, 7) is 6.28. The first-order valence-corrected chi connectivity index (χ1v) is 10.9. The zero-order valence-corrected chi connectivity index (χ0v) is 19.4. The van der Waals surface area contributed by atoms with Crippen molar-refractivity contribution in [3.8, 4) is 11.3 Å². The molecular weight excluding hydrogens is 451 g/mol. The predicted molar refractivity (Wildman–Crippen MR) is 122 cm³/mol. The van der Waals surface area contributed by atoms with Crippen molar-refractivity contribution in [1.29, 1.82) is 0 Å². The Bertz CT molecular complexity index is 1170. The number of fused-ring (bicyclic) bond motifs is 1. The highest BCUT2D eigenvalue weighted by molar-refractivity contribution is 6.30. The monoisotopic (exact) mass is 476 g/mol. The van der Waals surface area contributed by atoms with Crippen molar-refractivity contribution in [3.63, 3.8) is 0 Å². The normalized spacial score (nSPS) is 16.3. The number of carbonyl (C=O) groups excluding carboxylic acids is 1. The molecule has 1 aliphatic rings. The van der Waals surface area contributed by atoms with Gasteiger partial charge in [0.2, 0.25) is 0 Å². The van der Waals surface area contributed by atoms with E-state index in [-0.39, 0.29) is 17.5 Å². The molecular formula is C22H26ClFN6O3. The Morgan fingerprint density at radius 3 is 2.79 bits per heavy atom. The SMILES string of the molecule is CC1(CNc2cc(-c3cnn4cc(Cl)cnc34)ncc2C(=O)NCC(F)C(C)(C)O)COC1. The fourth-order valence-corrected chi connectivity index (χ4v) is 3.49. The third-order valence-corrected chi connectivity index (χ3v) is 5.76. The van der Waals surface area contributed by atoms with Gasteiger partial charge in [0.15, 0.2) is 5.65 Å². The van der Waals surface area contributed by atoms with Gasteiger partial charge in [0, 0.05) is 24.4 Å². The van der Waals surface area contributed by atoms with Crippen molar-refractivity contribution in [1.82, 2.24) is 24.9 Å². The third-order valence-electron chi connectivity index (χ3n) is 5.56. The lowest BCUT2D eigenvalue weighted by molar-refractivity contribution is -0.0924. The topological polar surface area (TPSA) is 114 Å². The first-order valence-electron chi connectivity index (χ1n) is 10.5. The van der Waals surface area contributed by atoms with Gasteiger partial charge in [-0.05, 0) is 19.9 Å². The molecule has 1 amide bonds. The van der Waals surface area contributed by atoms with E-state index >= 15 is 0 Å². The lowest BCUT2D eigenvalue weighted by Gasteiger charge is -2.38. The molecule has 4 heterocycles. The maximum atomic E-state index is 14.1. The molecule has 1 aliphatic heterocycles. The van der Waals surface area contributed by atoms with Crippen molar-refractivity contribution < 1.29 is 19.0 Å². The van der Waals surface area contributed by atoms with Gasteiger partial charge < -0.3 is 20.5 Å². The Hall–Kier alpha value is -2.82. The summed E-state index contributed by atoms with van der Waals surface area (Å²) in [6.07, 6.45) is 4.61. The van der Waals surface area contributed by atoms with Crippen LogP contribution < -0.4 is 10.6 Å². The molecule has 0 saturated carbocycles. The molecule has 4 rings (SSSR count). The van der Waals surface area contributed by atoms with Gasteiger partial charge >= 0.3 is 0 Å². The minimum absolute atomic E-state index is 0.0508. The number of rotatable bonds is 8. The molecule has 9 nitrogen and oxygen atoms in total. The molecule has 1 atom stereocenters. The average Bonchev–Trinajstić information content (AvgIpc) is 3.16. The Morgan fingerprint density at radius 1 is 1.36 bits per heavy atom. The number of halogens is 2. The van der Waals surface area contributed by atoms with E-state index in [1.807, 2.05) is 0 Å². The minimum atomic E-state index is -1.62. The van der Waals surface area contributed by atoms with Crippen LogP contribution in [0.3, 0.4) is 0 Å². The zero-order chi connectivity index (χ0) is 23.8. The summed E-state index contributed by atoms with van der Waals surface area (Å²) in [5, 5.41) is 20.4. The number of nitrogens with zero attached hydrogens (tertiary/aromatic N) is 4. The van der Waals surface area contributed by atoms with Crippen molar-refractivity contribution in [2.45, 2.75) is 32.5 Å². The van der Waals surface area contributed by atoms with Crippen molar-refractivity contribution >= 4 is 28.8 Å². The Labute approximate surface area is 195 Å². The number of hydrogen-bond donors (Lipinski definition) is 3. The van der Waals surface area contributed by atoms with Crippen LogP contribution in [0, 0.1) is 5.41 Å². The van der Waals surface area contributed by atoms with Crippen LogP contribution >= 0.6 is 11.6 Å². The second-order valence-electron chi connectivity index (χ2n) is 9.20. The number of carbonyl (C=O) groups is 1. The number of aliphatic hydroxyl groups is 1. The summed E-state index contributed by atoms with van der Waals surface area (Å²) in [4.78, 5) is 21.6. The zero-order valence-electron chi connectivity index (χ0n) is 18.6. The summed E-state index contributed by atoms with van der Waals surface area (Å²) in [5.74, 6) is -0.497. The van der Waals surface area contributed by atoms with E-state index in [4.69, 9.17) is 16.3 Å². The van der Waals surface area contributed by atoms with Crippen LogP contribution in [0.2, 0.25) is 5.02 Å². The first-order chi connectivity index (χ1) is 15.6. The molecule has 3 aromatic rings. The summed E-state index contributed by atoms with van der Waals surface area (Å²) in [7, 11) is 0. The van der Waals surface area contributed by atoms with Gasteiger partial charge in [-0.25, -0.2) is 13.9 Å². The molecule has 0 bridgehead atoms. The largest absolute Gasteiger partial charge is 0.387 e. The first kappa shape index (κ1) is 23.3. The maximum absolute atomic E-state index is 14.1. The Morgan fingerprint density at radius 2 is 2.12 bits per heavy atom. The Kier molecular flexibility index (Phi) is 6.26. The van der Waals surface area contributed by atoms with Gasteiger partial charge in [-0.2, -0.15) is 5.10 Å². The number of alkyl halides is 1. The van der Waals surface area contributed by atoms with Crippen LogP contribution in [0.15, 0.2) is 30.9 Å². The van der Waals surface area contributed by atoms with Crippen LogP contribution in [0.5, 0.6) is 0 Å². The van der Waals surface area contributed by atoms with Gasteiger partial charge in [-0.1, -0.05) is 18.5 Å². The highest BCUT2D eigenvalue weighted by Crippen LogP contribution is 2.30.